The van der Waals surface area contributed by atoms with Gasteiger partial charge in [0.15, 0.2) is 12.2 Å². The molecule has 2 aromatic rings. The molecule has 0 aliphatic carbocycles. The van der Waals surface area contributed by atoms with Gasteiger partial charge in [-0.3, -0.25) is 0 Å². The molecule has 0 bridgehead atoms. The number of nitrogen functional groups attached to an aromatic ring is 1. The maximum absolute atomic E-state index is 10.1. The van der Waals surface area contributed by atoms with E-state index in [1.807, 2.05) is 17.0 Å². The average molecular weight is 346 g/mol. The van der Waals surface area contributed by atoms with Gasteiger partial charge in [0.1, 0.15) is 18.2 Å². The zero-order chi connectivity index (χ0) is 15.4. The highest BCUT2D eigenvalue weighted by atomic mass is 35.5. The largest absolute Gasteiger partial charge is 1.00 e. The van der Waals surface area contributed by atoms with Gasteiger partial charge in [-0.1, -0.05) is 11.3 Å². The molecule has 120 valence electrons. The second kappa shape index (κ2) is 7.85. The Morgan fingerprint density at radius 1 is 1.50 bits per heavy atom. The predicted molar refractivity (Wildman–Crippen MR) is 76.2 cm³/mol. The minimum Gasteiger partial charge on any atom is -1.00 e. The van der Waals surface area contributed by atoms with Crippen LogP contribution in [-0.4, -0.2) is 21.7 Å². The summed E-state index contributed by atoms with van der Waals surface area (Å²) in [5.41, 5.74) is 9.72. The number of nitrogens with zero attached hydrogens (tertiary/aromatic N) is 4. The van der Waals surface area contributed by atoms with Crippen LogP contribution in [0.4, 0.5) is 5.82 Å². The molecule has 2 N–H and O–H groups in total. The van der Waals surface area contributed by atoms with Gasteiger partial charge in [0.05, 0.1) is 10.4 Å². The number of rotatable bonds is 6. The van der Waals surface area contributed by atoms with Gasteiger partial charge >= 0.3 is 0 Å². The zero-order valence-electron chi connectivity index (χ0n) is 12.2. The van der Waals surface area contributed by atoms with E-state index >= 15 is 0 Å². The van der Waals surface area contributed by atoms with Crippen molar-refractivity contribution < 1.29 is 26.9 Å². The summed E-state index contributed by atoms with van der Waals surface area (Å²) in [4.78, 5) is 23.8. The highest BCUT2D eigenvalue weighted by molar-refractivity contribution is 7.09. The van der Waals surface area contributed by atoms with Gasteiger partial charge in [-0.15, -0.1) is 10.1 Å². The Balaban J connectivity index is 0.00000242. The number of anilines is 1. The third-order valence-electron chi connectivity index (χ3n) is 3.04. The van der Waals surface area contributed by atoms with Crippen LogP contribution in [-0.2, 0) is 17.8 Å². The smallest absolute Gasteiger partial charge is 0.294 e. The summed E-state index contributed by atoms with van der Waals surface area (Å²) in [5.74, 6) is 1.11. The summed E-state index contributed by atoms with van der Waals surface area (Å²) in [6.45, 7) is 4.38. The first-order chi connectivity index (χ1) is 9.97. The Hall–Kier alpha value is -2.00. The number of aryl methyl sites for hydroxylation is 1. The Morgan fingerprint density at radius 2 is 2.23 bits per heavy atom. The van der Waals surface area contributed by atoms with Crippen molar-refractivity contribution in [3.8, 4) is 0 Å². The van der Waals surface area contributed by atoms with Gasteiger partial charge in [0, 0.05) is 19.5 Å². The summed E-state index contributed by atoms with van der Waals surface area (Å²) >= 11 is 1.53. The lowest BCUT2D eigenvalue weighted by Gasteiger charge is -2.02. The van der Waals surface area contributed by atoms with Crippen LogP contribution in [0.5, 0.6) is 0 Å². The fraction of sp³-hybridized carbons (Fsp3) is 0.417. The predicted octanol–water partition coefficient (Wildman–Crippen LogP) is -2.17. The molecule has 0 spiro atoms. The molecule has 0 radical (unpaired) electrons. The molecule has 0 unspecified atom stereocenters. The van der Waals surface area contributed by atoms with E-state index in [1.165, 1.54) is 11.3 Å². The lowest BCUT2D eigenvalue weighted by Crippen LogP contribution is -3.00. The molecule has 2 heterocycles. The van der Waals surface area contributed by atoms with Crippen molar-refractivity contribution in [2.75, 3.05) is 12.3 Å². The van der Waals surface area contributed by atoms with Crippen LogP contribution >= 0.6 is 11.3 Å². The first kappa shape index (κ1) is 18.1. The highest BCUT2D eigenvalue weighted by Crippen LogP contribution is 2.14. The van der Waals surface area contributed by atoms with Crippen molar-refractivity contribution in [1.82, 2.24) is 9.97 Å². The normalized spacial score (nSPS) is 10.1. The van der Waals surface area contributed by atoms with E-state index in [2.05, 4.69) is 14.8 Å². The lowest BCUT2D eigenvalue weighted by molar-refractivity contribution is -0.757. The molecule has 22 heavy (non-hydrogen) atoms. The first-order valence-electron chi connectivity index (χ1n) is 6.29. The second-order valence-electron chi connectivity index (χ2n) is 4.49. The lowest BCUT2D eigenvalue weighted by atomic mass is 10.2. The molecule has 2 aromatic heterocycles. The maximum atomic E-state index is 10.1. The first-order valence-corrected chi connectivity index (χ1v) is 7.17. The Bertz CT molecular complexity index is 664. The van der Waals surface area contributed by atoms with E-state index in [-0.39, 0.29) is 19.0 Å². The van der Waals surface area contributed by atoms with Crippen LogP contribution in [0.15, 0.2) is 11.7 Å². The van der Waals surface area contributed by atoms with Crippen LogP contribution < -0.4 is 22.7 Å². The number of thiazole rings is 1. The number of aromatic nitrogens is 3. The summed E-state index contributed by atoms with van der Waals surface area (Å²) in [6, 6.07) is 0. The molecule has 8 nitrogen and oxygen atoms in total. The number of halogens is 1. The number of nitrogens with two attached hydrogens (primary N) is 1. The van der Waals surface area contributed by atoms with Crippen LogP contribution in [0.3, 0.4) is 0 Å². The zero-order valence-corrected chi connectivity index (χ0v) is 13.7. The quantitative estimate of drug-likeness (QED) is 0.362. The fourth-order valence-corrected chi connectivity index (χ4v) is 2.85. The molecular weight excluding hydrogens is 330 g/mol. The number of hydrogen-bond donors (Lipinski definition) is 1. The Labute approximate surface area is 137 Å². The highest BCUT2D eigenvalue weighted by Gasteiger charge is 2.17. The van der Waals surface area contributed by atoms with Crippen molar-refractivity contribution in [3.63, 3.8) is 0 Å². The van der Waals surface area contributed by atoms with Gasteiger partial charge in [-0.2, -0.15) is 4.57 Å². The van der Waals surface area contributed by atoms with Crippen LogP contribution in [0, 0.1) is 24.0 Å². The van der Waals surface area contributed by atoms with E-state index in [9.17, 15) is 10.1 Å². The molecule has 0 fully saturated rings. The molecule has 0 aliphatic heterocycles. The van der Waals surface area contributed by atoms with E-state index in [0.29, 0.717) is 24.6 Å². The summed E-state index contributed by atoms with van der Waals surface area (Å²) < 4.78 is 2.02. The van der Waals surface area contributed by atoms with Gasteiger partial charge < -0.3 is 23.0 Å². The maximum Gasteiger partial charge on any atom is 0.294 e. The van der Waals surface area contributed by atoms with E-state index < -0.39 is 5.09 Å². The van der Waals surface area contributed by atoms with Gasteiger partial charge in [0.2, 0.25) is 5.51 Å². The van der Waals surface area contributed by atoms with Crippen LogP contribution in [0.1, 0.15) is 22.0 Å². The Morgan fingerprint density at radius 3 is 2.86 bits per heavy atom. The molecular formula is C12H16ClN5O3S. The summed E-state index contributed by atoms with van der Waals surface area (Å²) in [6.07, 6.45) is 2.22. The summed E-state index contributed by atoms with van der Waals surface area (Å²) in [5, 5.41) is 9.36. The van der Waals surface area contributed by atoms with Crippen LogP contribution in [0.25, 0.3) is 0 Å². The van der Waals surface area contributed by atoms with Crippen molar-refractivity contribution in [2.45, 2.75) is 26.8 Å². The molecule has 0 atom stereocenters. The number of hydrogen-bond acceptors (Lipinski definition) is 7. The monoisotopic (exact) mass is 345 g/mol. The molecule has 0 aliphatic rings. The molecule has 0 amide bonds. The van der Waals surface area contributed by atoms with Crippen LogP contribution in [0.2, 0.25) is 0 Å². The third-order valence-corrected chi connectivity index (χ3v) is 4.19. The van der Waals surface area contributed by atoms with E-state index in [0.717, 1.165) is 16.1 Å². The van der Waals surface area contributed by atoms with Gasteiger partial charge in [0.25, 0.3) is 5.09 Å². The van der Waals surface area contributed by atoms with E-state index in [4.69, 9.17) is 5.73 Å². The van der Waals surface area contributed by atoms with E-state index in [1.54, 1.807) is 13.1 Å². The van der Waals surface area contributed by atoms with Gasteiger partial charge in [-0.25, -0.2) is 9.97 Å². The molecule has 0 aromatic carbocycles. The SMILES string of the molecule is Cc1ncc(C[n+]2csc(CCO[N+](=O)[O-])c2C)c(N)n1.[Cl-]. The fourth-order valence-electron chi connectivity index (χ4n) is 1.88. The minimum atomic E-state index is -0.776. The van der Waals surface area contributed by atoms with Crippen molar-refractivity contribution in [3.05, 3.63) is 43.8 Å². The average Bonchev–Trinajstić information content (AvgIpc) is 2.74. The standard InChI is InChI=1S/C12H16N5O3S.ClH/c1-8-11(3-4-20-17(18)19)21-7-16(8)6-10-5-14-9(2)15-12(10)13;/h5,7H,3-4,6H2,1-2H3,(H2,13,14,15);1H/q+1;/p-1. The molecule has 10 heteroatoms. The van der Waals surface area contributed by atoms with Gasteiger partial charge in [-0.05, 0) is 6.92 Å². The minimum absolute atomic E-state index is 0. The van der Waals surface area contributed by atoms with Crippen molar-refractivity contribution in [2.24, 2.45) is 0 Å². The van der Waals surface area contributed by atoms with Crippen molar-refractivity contribution in [1.29, 1.82) is 0 Å². The molecule has 2 rings (SSSR count). The van der Waals surface area contributed by atoms with Crippen molar-refractivity contribution >= 4 is 17.2 Å². The summed E-state index contributed by atoms with van der Waals surface area (Å²) in [7, 11) is 0. The molecule has 0 saturated carbocycles. The topological polar surface area (TPSA) is 108 Å². The second-order valence-corrected chi connectivity index (χ2v) is 5.43. The third kappa shape index (κ3) is 4.50. The Kier molecular flexibility index (Phi) is 6.44. The molecule has 0 saturated heterocycles.